The maximum atomic E-state index is 10.3. The fourth-order valence-corrected chi connectivity index (χ4v) is 2.09. The van der Waals surface area contributed by atoms with Crippen LogP contribution in [0.25, 0.3) is 0 Å². The zero-order valence-corrected chi connectivity index (χ0v) is 9.69. The van der Waals surface area contributed by atoms with Crippen molar-refractivity contribution in [3.63, 3.8) is 0 Å². The monoisotopic (exact) mass is 231 g/mol. The molecule has 1 saturated heterocycles. The molecule has 0 saturated carbocycles. The summed E-state index contributed by atoms with van der Waals surface area (Å²) < 4.78 is 5.54. The zero-order chi connectivity index (χ0) is 12.0. The molecule has 0 spiro atoms. The summed E-state index contributed by atoms with van der Waals surface area (Å²) in [5, 5.41) is 20.9. The second-order valence-corrected chi connectivity index (χ2v) is 4.28. The summed E-state index contributed by atoms with van der Waals surface area (Å²) in [7, 11) is 0. The van der Waals surface area contributed by atoms with Crippen molar-refractivity contribution in [2.75, 3.05) is 19.7 Å². The standard InChI is InChI=1S/C11H21NO4/c1-2-10-8(3-4-16-10)6-12-7-9(13)5-11(14)15/h8-10,12-13H,2-7H2,1H3,(H,14,15). The first-order valence-electron chi connectivity index (χ1n) is 5.85. The third-order valence-corrected chi connectivity index (χ3v) is 2.95. The summed E-state index contributed by atoms with van der Waals surface area (Å²) in [5.74, 6) is -0.480. The highest BCUT2D eigenvalue weighted by Gasteiger charge is 2.26. The van der Waals surface area contributed by atoms with Crippen LogP contribution in [0.3, 0.4) is 0 Å². The van der Waals surface area contributed by atoms with E-state index in [0.717, 1.165) is 26.0 Å². The maximum absolute atomic E-state index is 10.3. The summed E-state index contributed by atoms with van der Waals surface area (Å²) in [5.41, 5.74) is 0. The third kappa shape index (κ3) is 4.47. The Hall–Kier alpha value is -0.650. The van der Waals surface area contributed by atoms with Gasteiger partial charge in [-0.2, -0.15) is 0 Å². The number of aliphatic hydroxyl groups is 1. The van der Waals surface area contributed by atoms with E-state index >= 15 is 0 Å². The second-order valence-electron chi connectivity index (χ2n) is 4.28. The lowest BCUT2D eigenvalue weighted by atomic mass is 9.99. The maximum Gasteiger partial charge on any atom is 0.306 e. The Kier molecular flexibility index (Phi) is 5.73. The molecule has 16 heavy (non-hydrogen) atoms. The van der Waals surface area contributed by atoms with Crippen molar-refractivity contribution in [1.29, 1.82) is 0 Å². The first-order chi connectivity index (χ1) is 7.63. The van der Waals surface area contributed by atoms with E-state index in [1.807, 2.05) is 0 Å². The van der Waals surface area contributed by atoms with Gasteiger partial charge in [0.25, 0.3) is 0 Å². The molecular weight excluding hydrogens is 210 g/mol. The number of hydrogen-bond donors (Lipinski definition) is 3. The van der Waals surface area contributed by atoms with E-state index in [1.54, 1.807) is 0 Å². The Balaban J connectivity index is 2.12. The van der Waals surface area contributed by atoms with Gasteiger partial charge in [-0.3, -0.25) is 4.79 Å². The number of nitrogens with one attached hydrogen (secondary N) is 1. The summed E-state index contributed by atoms with van der Waals surface area (Å²) in [6.07, 6.45) is 1.35. The van der Waals surface area contributed by atoms with E-state index in [4.69, 9.17) is 9.84 Å². The summed E-state index contributed by atoms with van der Waals surface area (Å²) in [6, 6.07) is 0. The molecule has 1 rings (SSSR count). The van der Waals surface area contributed by atoms with Gasteiger partial charge < -0.3 is 20.3 Å². The van der Waals surface area contributed by atoms with Gasteiger partial charge in [0.2, 0.25) is 0 Å². The molecule has 0 radical (unpaired) electrons. The minimum absolute atomic E-state index is 0.203. The molecule has 1 fully saturated rings. The lowest BCUT2D eigenvalue weighted by molar-refractivity contribution is -0.139. The molecule has 0 aliphatic carbocycles. The van der Waals surface area contributed by atoms with Crippen molar-refractivity contribution in [2.45, 2.75) is 38.4 Å². The molecule has 3 N–H and O–H groups in total. The lowest BCUT2D eigenvalue weighted by Crippen LogP contribution is -2.34. The number of carboxylic acids is 1. The molecule has 5 nitrogen and oxygen atoms in total. The highest BCUT2D eigenvalue weighted by Crippen LogP contribution is 2.22. The zero-order valence-electron chi connectivity index (χ0n) is 9.69. The van der Waals surface area contributed by atoms with Gasteiger partial charge >= 0.3 is 5.97 Å². The van der Waals surface area contributed by atoms with Crippen LogP contribution in [-0.4, -0.2) is 48.1 Å². The Labute approximate surface area is 95.8 Å². The van der Waals surface area contributed by atoms with Crippen molar-refractivity contribution in [3.8, 4) is 0 Å². The SMILES string of the molecule is CCC1OCCC1CNCC(O)CC(=O)O. The van der Waals surface area contributed by atoms with E-state index in [1.165, 1.54) is 0 Å². The van der Waals surface area contributed by atoms with E-state index in [0.29, 0.717) is 18.6 Å². The first-order valence-corrected chi connectivity index (χ1v) is 5.85. The normalized spacial score (nSPS) is 26.9. The smallest absolute Gasteiger partial charge is 0.306 e. The second kappa shape index (κ2) is 6.83. The van der Waals surface area contributed by atoms with E-state index in [2.05, 4.69) is 12.2 Å². The van der Waals surface area contributed by atoms with Crippen molar-refractivity contribution in [3.05, 3.63) is 0 Å². The van der Waals surface area contributed by atoms with Crippen LogP contribution >= 0.6 is 0 Å². The average Bonchev–Trinajstić information content (AvgIpc) is 2.64. The van der Waals surface area contributed by atoms with Crippen molar-refractivity contribution in [2.24, 2.45) is 5.92 Å². The van der Waals surface area contributed by atoms with E-state index in [-0.39, 0.29) is 6.42 Å². The van der Waals surface area contributed by atoms with Crippen molar-refractivity contribution < 1.29 is 19.7 Å². The Morgan fingerprint density at radius 2 is 2.38 bits per heavy atom. The Morgan fingerprint density at radius 3 is 3.00 bits per heavy atom. The average molecular weight is 231 g/mol. The number of aliphatic carboxylic acids is 1. The topological polar surface area (TPSA) is 78.8 Å². The fraction of sp³-hybridized carbons (Fsp3) is 0.909. The van der Waals surface area contributed by atoms with Crippen LogP contribution in [-0.2, 0) is 9.53 Å². The molecule has 0 aromatic heterocycles. The molecular formula is C11H21NO4. The highest BCUT2D eigenvalue weighted by atomic mass is 16.5. The predicted octanol–water partition coefficient (Wildman–Crippen LogP) is 0.227. The molecule has 1 aliphatic heterocycles. The summed E-state index contributed by atoms with van der Waals surface area (Å²) in [6.45, 7) is 4.03. The van der Waals surface area contributed by atoms with Crippen LogP contribution in [0, 0.1) is 5.92 Å². The molecule has 0 amide bonds. The van der Waals surface area contributed by atoms with Gasteiger partial charge in [-0.1, -0.05) is 6.92 Å². The van der Waals surface area contributed by atoms with Gasteiger partial charge in [0.1, 0.15) is 0 Å². The fourth-order valence-electron chi connectivity index (χ4n) is 2.09. The molecule has 3 unspecified atom stereocenters. The number of hydrogen-bond acceptors (Lipinski definition) is 4. The molecule has 0 aromatic rings. The number of ether oxygens (including phenoxy) is 1. The number of aliphatic hydroxyl groups excluding tert-OH is 1. The van der Waals surface area contributed by atoms with Gasteiger partial charge in [0, 0.05) is 19.7 Å². The van der Waals surface area contributed by atoms with Gasteiger partial charge in [-0.05, 0) is 18.8 Å². The molecule has 1 aliphatic rings. The van der Waals surface area contributed by atoms with Crippen molar-refractivity contribution >= 4 is 5.97 Å². The Bertz CT molecular complexity index is 222. The Morgan fingerprint density at radius 1 is 1.62 bits per heavy atom. The number of carboxylic acid groups (broad SMARTS) is 1. The molecule has 3 atom stereocenters. The van der Waals surface area contributed by atoms with Crippen LogP contribution in [0.2, 0.25) is 0 Å². The molecule has 5 heteroatoms. The van der Waals surface area contributed by atoms with Crippen LogP contribution in [0.5, 0.6) is 0 Å². The number of carbonyl (C=O) groups is 1. The molecule has 0 bridgehead atoms. The molecule has 0 aromatic carbocycles. The minimum atomic E-state index is -0.968. The molecule has 94 valence electrons. The predicted molar refractivity (Wildman–Crippen MR) is 59.3 cm³/mol. The number of rotatable bonds is 7. The lowest BCUT2D eigenvalue weighted by Gasteiger charge is -2.18. The largest absolute Gasteiger partial charge is 0.481 e. The summed E-state index contributed by atoms with van der Waals surface area (Å²) in [4.78, 5) is 10.3. The van der Waals surface area contributed by atoms with E-state index in [9.17, 15) is 9.90 Å². The first kappa shape index (κ1) is 13.4. The van der Waals surface area contributed by atoms with Gasteiger partial charge in [0.05, 0.1) is 18.6 Å². The quantitative estimate of drug-likeness (QED) is 0.584. The van der Waals surface area contributed by atoms with Gasteiger partial charge in [-0.25, -0.2) is 0 Å². The minimum Gasteiger partial charge on any atom is -0.481 e. The van der Waals surface area contributed by atoms with Gasteiger partial charge in [-0.15, -0.1) is 0 Å². The van der Waals surface area contributed by atoms with Gasteiger partial charge in [0.15, 0.2) is 0 Å². The van der Waals surface area contributed by atoms with Crippen LogP contribution in [0.1, 0.15) is 26.2 Å². The van der Waals surface area contributed by atoms with Crippen LogP contribution in [0.15, 0.2) is 0 Å². The van der Waals surface area contributed by atoms with Crippen molar-refractivity contribution in [1.82, 2.24) is 5.32 Å². The van der Waals surface area contributed by atoms with E-state index < -0.39 is 12.1 Å². The third-order valence-electron chi connectivity index (χ3n) is 2.95. The molecule has 1 heterocycles. The van der Waals surface area contributed by atoms with Crippen LogP contribution in [0.4, 0.5) is 0 Å². The summed E-state index contributed by atoms with van der Waals surface area (Å²) >= 11 is 0. The highest BCUT2D eigenvalue weighted by molar-refractivity contribution is 5.67. The van der Waals surface area contributed by atoms with Crippen LogP contribution < -0.4 is 5.32 Å².